The number of nitrogens with zero attached hydrogens (tertiary/aromatic N) is 6. The number of piperidine rings is 1. The van der Waals surface area contributed by atoms with Crippen LogP contribution in [0, 0.1) is 6.92 Å². The van der Waals surface area contributed by atoms with E-state index >= 15 is 0 Å². The minimum atomic E-state index is 0.389. The second-order valence-electron chi connectivity index (χ2n) is 7.98. The highest BCUT2D eigenvalue weighted by atomic mass is 15.3. The number of fused-ring (bicyclic) bond motifs is 1. The number of likely N-dealkylation sites (tertiary alicyclic amines) is 1. The van der Waals surface area contributed by atoms with Crippen molar-refractivity contribution >= 4 is 28.6 Å². The highest BCUT2D eigenvalue weighted by molar-refractivity contribution is 5.90. The van der Waals surface area contributed by atoms with Crippen LogP contribution in [0.5, 0.6) is 0 Å². The fourth-order valence-electron chi connectivity index (χ4n) is 3.86. The average Bonchev–Trinajstić information content (AvgIpc) is 3.00. The monoisotopic (exact) mass is 394 g/mol. The van der Waals surface area contributed by atoms with E-state index in [4.69, 9.17) is 15.1 Å². The summed E-state index contributed by atoms with van der Waals surface area (Å²) >= 11 is 0. The quantitative estimate of drug-likeness (QED) is 0.664. The van der Waals surface area contributed by atoms with Gasteiger partial charge in [-0.25, -0.2) is 9.97 Å². The van der Waals surface area contributed by atoms with Crippen LogP contribution in [0.2, 0.25) is 0 Å². The molecule has 1 aliphatic heterocycles. The predicted octanol–water partition coefficient (Wildman–Crippen LogP) is 3.27. The van der Waals surface area contributed by atoms with Crippen molar-refractivity contribution in [1.82, 2.24) is 29.6 Å². The number of aryl methyl sites for hydroxylation is 3. The first-order valence-corrected chi connectivity index (χ1v) is 10.4. The summed E-state index contributed by atoms with van der Waals surface area (Å²) in [6.07, 6.45) is 5.91. The van der Waals surface area contributed by atoms with Gasteiger partial charge in [0.2, 0.25) is 5.95 Å². The van der Waals surface area contributed by atoms with Crippen molar-refractivity contribution < 1.29 is 0 Å². The van der Waals surface area contributed by atoms with Crippen molar-refractivity contribution in [2.45, 2.75) is 45.6 Å². The number of rotatable bonds is 6. The summed E-state index contributed by atoms with van der Waals surface area (Å²) in [6.45, 7) is 6.40. The summed E-state index contributed by atoms with van der Waals surface area (Å²) in [5.41, 5.74) is 3.98. The largest absolute Gasteiger partial charge is 0.351 e. The van der Waals surface area contributed by atoms with E-state index in [-0.39, 0.29) is 0 Å². The highest BCUT2D eigenvalue weighted by Gasteiger charge is 2.21. The van der Waals surface area contributed by atoms with Gasteiger partial charge in [-0.05, 0) is 64.0 Å². The normalized spacial score (nSPS) is 15.7. The van der Waals surface area contributed by atoms with Gasteiger partial charge >= 0.3 is 0 Å². The fourth-order valence-corrected chi connectivity index (χ4v) is 3.86. The number of pyridine rings is 1. The Hall–Kier alpha value is -2.74. The maximum Gasteiger partial charge on any atom is 0.225 e. The lowest BCUT2D eigenvalue weighted by Crippen LogP contribution is -2.37. The number of hydrogen-bond acceptors (Lipinski definition) is 7. The van der Waals surface area contributed by atoms with E-state index in [1.54, 1.807) is 6.20 Å². The molecule has 0 atom stereocenters. The molecule has 2 N–H and O–H groups in total. The Labute approximate surface area is 171 Å². The van der Waals surface area contributed by atoms with E-state index < -0.39 is 0 Å². The Morgan fingerprint density at radius 1 is 1.17 bits per heavy atom. The second-order valence-corrected chi connectivity index (χ2v) is 7.98. The van der Waals surface area contributed by atoms with Crippen LogP contribution in [-0.2, 0) is 13.5 Å². The molecule has 1 fully saturated rings. The molecule has 0 radical (unpaired) electrons. The van der Waals surface area contributed by atoms with Crippen LogP contribution < -0.4 is 10.6 Å². The van der Waals surface area contributed by atoms with Crippen LogP contribution >= 0.6 is 0 Å². The van der Waals surface area contributed by atoms with Gasteiger partial charge in [0.1, 0.15) is 16.9 Å². The average molecular weight is 395 g/mol. The first kappa shape index (κ1) is 19.6. The summed E-state index contributed by atoms with van der Waals surface area (Å²) in [7, 11) is 4.12. The zero-order valence-electron chi connectivity index (χ0n) is 17.7. The molecule has 8 nitrogen and oxygen atoms in total. The Morgan fingerprint density at radius 3 is 2.69 bits per heavy atom. The SMILES string of the molecule is CCCc1nn(C)c2c(Nc3cc(C)ccn3)nc(NC3CCN(C)CC3)nc12. The molecular weight excluding hydrogens is 364 g/mol. The molecule has 4 heterocycles. The van der Waals surface area contributed by atoms with E-state index in [1.165, 1.54) is 0 Å². The Bertz CT molecular complexity index is 988. The van der Waals surface area contributed by atoms with Crippen molar-refractivity contribution in [1.29, 1.82) is 0 Å². The van der Waals surface area contributed by atoms with Gasteiger partial charge in [-0.1, -0.05) is 13.3 Å². The van der Waals surface area contributed by atoms with E-state index in [0.29, 0.717) is 12.0 Å². The van der Waals surface area contributed by atoms with E-state index in [1.807, 2.05) is 23.9 Å². The third kappa shape index (κ3) is 4.32. The van der Waals surface area contributed by atoms with Crippen molar-refractivity contribution in [3.8, 4) is 0 Å². The smallest absolute Gasteiger partial charge is 0.225 e. The first-order chi connectivity index (χ1) is 14.0. The molecule has 1 aliphatic rings. The van der Waals surface area contributed by atoms with Crippen molar-refractivity contribution in [3.63, 3.8) is 0 Å². The fraction of sp³-hybridized carbons (Fsp3) is 0.524. The van der Waals surface area contributed by atoms with Crippen LogP contribution in [0.15, 0.2) is 18.3 Å². The second kappa shape index (κ2) is 8.32. The summed E-state index contributed by atoms with van der Waals surface area (Å²) in [6, 6.07) is 4.39. The van der Waals surface area contributed by atoms with Gasteiger partial charge in [0.25, 0.3) is 0 Å². The lowest BCUT2D eigenvalue weighted by molar-refractivity contribution is 0.263. The van der Waals surface area contributed by atoms with Gasteiger partial charge in [0, 0.05) is 19.3 Å². The molecule has 4 rings (SSSR count). The van der Waals surface area contributed by atoms with Crippen LogP contribution in [0.25, 0.3) is 11.0 Å². The van der Waals surface area contributed by atoms with Crippen LogP contribution in [0.1, 0.15) is 37.4 Å². The van der Waals surface area contributed by atoms with Gasteiger partial charge in [-0.2, -0.15) is 10.1 Å². The van der Waals surface area contributed by atoms with Crippen LogP contribution in [0.4, 0.5) is 17.6 Å². The van der Waals surface area contributed by atoms with Crippen molar-refractivity contribution in [2.75, 3.05) is 30.8 Å². The molecule has 0 amide bonds. The van der Waals surface area contributed by atoms with Gasteiger partial charge in [-0.3, -0.25) is 4.68 Å². The number of nitrogens with one attached hydrogen (secondary N) is 2. The zero-order chi connectivity index (χ0) is 20.4. The zero-order valence-corrected chi connectivity index (χ0v) is 17.7. The van der Waals surface area contributed by atoms with Gasteiger partial charge in [0.05, 0.1) is 5.69 Å². The molecule has 0 bridgehead atoms. The molecule has 154 valence electrons. The van der Waals surface area contributed by atoms with E-state index in [2.05, 4.69) is 41.4 Å². The Balaban J connectivity index is 1.72. The molecule has 1 saturated heterocycles. The lowest BCUT2D eigenvalue weighted by Gasteiger charge is -2.29. The number of aromatic nitrogens is 5. The number of anilines is 3. The van der Waals surface area contributed by atoms with Crippen molar-refractivity contribution in [3.05, 3.63) is 29.6 Å². The van der Waals surface area contributed by atoms with Gasteiger partial charge in [-0.15, -0.1) is 0 Å². The Kier molecular flexibility index (Phi) is 5.62. The topological polar surface area (TPSA) is 83.8 Å². The predicted molar refractivity (Wildman–Crippen MR) is 117 cm³/mol. The minimum absolute atomic E-state index is 0.389. The molecule has 3 aromatic rings. The third-order valence-corrected chi connectivity index (χ3v) is 5.45. The molecule has 0 spiro atoms. The molecule has 0 unspecified atom stereocenters. The summed E-state index contributed by atoms with van der Waals surface area (Å²) in [5.74, 6) is 2.17. The molecule has 0 saturated carbocycles. The van der Waals surface area contributed by atoms with Crippen molar-refractivity contribution in [2.24, 2.45) is 7.05 Å². The minimum Gasteiger partial charge on any atom is -0.351 e. The summed E-state index contributed by atoms with van der Waals surface area (Å²) < 4.78 is 1.87. The van der Waals surface area contributed by atoms with Crippen LogP contribution in [0.3, 0.4) is 0 Å². The van der Waals surface area contributed by atoms with Crippen LogP contribution in [-0.4, -0.2) is 55.8 Å². The summed E-state index contributed by atoms with van der Waals surface area (Å²) in [5, 5.41) is 11.7. The lowest BCUT2D eigenvalue weighted by atomic mass is 10.1. The molecule has 0 aliphatic carbocycles. The van der Waals surface area contributed by atoms with Gasteiger partial charge in [0.15, 0.2) is 5.82 Å². The molecule has 0 aromatic carbocycles. The maximum absolute atomic E-state index is 4.87. The number of hydrogen-bond donors (Lipinski definition) is 2. The highest BCUT2D eigenvalue weighted by Crippen LogP contribution is 2.28. The standard InChI is InChI=1S/C21H30N8/c1-5-6-16-18-19(29(4)27-16)20(24-17-13-14(2)7-10-22-17)26-21(25-18)23-15-8-11-28(3)12-9-15/h7,10,13,15H,5-6,8-9,11-12H2,1-4H3,(H2,22,23,24,25,26). The maximum atomic E-state index is 4.87. The molecule has 3 aromatic heterocycles. The van der Waals surface area contributed by atoms with Gasteiger partial charge < -0.3 is 15.5 Å². The summed E-state index contributed by atoms with van der Waals surface area (Å²) in [4.78, 5) is 16.5. The molecule has 8 heteroatoms. The molecule has 29 heavy (non-hydrogen) atoms. The third-order valence-electron chi connectivity index (χ3n) is 5.45. The molecular formula is C21H30N8. The van der Waals surface area contributed by atoms with E-state index in [0.717, 1.165) is 72.7 Å². The van der Waals surface area contributed by atoms with E-state index in [9.17, 15) is 0 Å². The Morgan fingerprint density at radius 2 is 1.97 bits per heavy atom. The first-order valence-electron chi connectivity index (χ1n) is 10.4.